The zero-order valence-electron chi connectivity index (χ0n) is 11.5. The van der Waals surface area contributed by atoms with E-state index in [2.05, 4.69) is 17.2 Å². The Labute approximate surface area is 112 Å². The molecule has 2 atom stereocenters. The van der Waals surface area contributed by atoms with Gasteiger partial charge in [0, 0.05) is 20.6 Å². The van der Waals surface area contributed by atoms with Crippen molar-refractivity contribution in [1.82, 2.24) is 15.5 Å². The van der Waals surface area contributed by atoms with Crippen molar-refractivity contribution in [3.63, 3.8) is 0 Å². The van der Waals surface area contributed by atoms with Crippen LogP contribution >= 0.6 is 0 Å². The SMILES string of the molecule is C=CCC(NC(=O)N(C)CC(C)C(=O)NC)C(=O)O. The summed E-state index contributed by atoms with van der Waals surface area (Å²) >= 11 is 0. The van der Waals surface area contributed by atoms with Crippen LogP contribution < -0.4 is 10.6 Å². The van der Waals surface area contributed by atoms with Gasteiger partial charge in [0.25, 0.3) is 0 Å². The van der Waals surface area contributed by atoms with E-state index >= 15 is 0 Å². The van der Waals surface area contributed by atoms with Crippen LogP contribution in [0.15, 0.2) is 12.7 Å². The minimum atomic E-state index is -1.12. The van der Waals surface area contributed by atoms with Gasteiger partial charge in [0.2, 0.25) is 5.91 Å². The van der Waals surface area contributed by atoms with Gasteiger partial charge in [0.1, 0.15) is 6.04 Å². The molecule has 0 aromatic rings. The Morgan fingerprint density at radius 3 is 2.42 bits per heavy atom. The van der Waals surface area contributed by atoms with Gasteiger partial charge in [-0.25, -0.2) is 9.59 Å². The van der Waals surface area contributed by atoms with E-state index in [1.54, 1.807) is 6.92 Å². The molecule has 19 heavy (non-hydrogen) atoms. The number of hydrogen-bond donors (Lipinski definition) is 3. The predicted molar refractivity (Wildman–Crippen MR) is 70.6 cm³/mol. The zero-order chi connectivity index (χ0) is 15.0. The highest BCUT2D eigenvalue weighted by molar-refractivity contribution is 5.83. The number of hydrogen-bond acceptors (Lipinski definition) is 3. The van der Waals surface area contributed by atoms with Gasteiger partial charge in [-0.05, 0) is 6.42 Å². The van der Waals surface area contributed by atoms with Gasteiger partial charge in [-0.2, -0.15) is 0 Å². The summed E-state index contributed by atoms with van der Waals surface area (Å²) in [5.41, 5.74) is 0. The largest absolute Gasteiger partial charge is 0.480 e. The highest BCUT2D eigenvalue weighted by atomic mass is 16.4. The van der Waals surface area contributed by atoms with Gasteiger partial charge in [0.05, 0.1) is 5.92 Å². The number of nitrogens with zero attached hydrogens (tertiary/aromatic N) is 1. The molecule has 0 rings (SSSR count). The van der Waals surface area contributed by atoms with Gasteiger partial charge in [0.15, 0.2) is 0 Å². The lowest BCUT2D eigenvalue weighted by Crippen LogP contribution is -2.48. The molecule has 0 aliphatic heterocycles. The Balaban J connectivity index is 4.43. The van der Waals surface area contributed by atoms with Crippen LogP contribution in [0.3, 0.4) is 0 Å². The molecule has 3 amide bonds. The molecule has 0 aromatic heterocycles. The van der Waals surface area contributed by atoms with Crippen molar-refractivity contribution in [3.05, 3.63) is 12.7 Å². The molecular weight excluding hydrogens is 250 g/mol. The molecule has 0 saturated heterocycles. The first-order valence-corrected chi connectivity index (χ1v) is 5.90. The average Bonchev–Trinajstić information content (AvgIpc) is 2.36. The molecule has 7 nitrogen and oxygen atoms in total. The maximum atomic E-state index is 11.8. The molecule has 0 spiro atoms. The van der Waals surface area contributed by atoms with Crippen molar-refractivity contribution in [2.75, 3.05) is 20.6 Å². The molecule has 0 aromatic carbocycles. The topological polar surface area (TPSA) is 98.7 Å². The van der Waals surface area contributed by atoms with Crippen LogP contribution in [-0.4, -0.2) is 54.6 Å². The molecule has 108 valence electrons. The molecule has 0 saturated carbocycles. The molecule has 0 aliphatic rings. The quantitative estimate of drug-likeness (QED) is 0.569. The fourth-order valence-electron chi connectivity index (χ4n) is 1.47. The first-order valence-electron chi connectivity index (χ1n) is 5.90. The van der Waals surface area contributed by atoms with Crippen LogP contribution in [-0.2, 0) is 9.59 Å². The number of carbonyl (C=O) groups is 3. The number of rotatable bonds is 7. The lowest BCUT2D eigenvalue weighted by atomic mass is 10.1. The van der Waals surface area contributed by atoms with Crippen molar-refractivity contribution in [2.45, 2.75) is 19.4 Å². The Hall–Kier alpha value is -2.05. The molecule has 0 aliphatic carbocycles. The van der Waals surface area contributed by atoms with Crippen molar-refractivity contribution in [3.8, 4) is 0 Å². The Morgan fingerprint density at radius 1 is 1.42 bits per heavy atom. The smallest absolute Gasteiger partial charge is 0.326 e. The van der Waals surface area contributed by atoms with Crippen LogP contribution in [0, 0.1) is 5.92 Å². The number of carboxylic acid groups (broad SMARTS) is 1. The average molecular weight is 271 g/mol. The summed E-state index contributed by atoms with van der Waals surface area (Å²) in [6, 6.07) is -1.55. The molecule has 3 N–H and O–H groups in total. The van der Waals surface area contributed by atoms with Gasteiger partial charge < -0.3 is 20.6 Å². The second kappa shape index (κ2) is 8.12. The molecule has 2 unspecified atom stereocenters. The second-order valence-electron chi connectivity index (χ2n) is 4.26. The summed E-state index contributed by atoms with van der Waals surface area (Å²) in [7, 11) is 3.02. The third-order valence-corrected chi connectivity index (χ3v) is 2.59. The molecule has 0 radical (unpaired) electrons. The molecular formula is C12H21N3O4. The summed E-state index contributed by atoms with van der Waals surface area (Å²) in [5, 5.41) is 13.7. The second-order valence-corrected chi connectivity index (χ2v) is 4.26. The lowest BCUT2D eigenvalue weighted by molar-refractivity contribution is -0.139. The summed E-state index contributed by atoms with van der Waals surface area (Å²) in [4.78, 5) is 35.2. The maximum absolute atomic E-state index is 11.8. The molecule has 0 heterocycles. The van der Waals surface area contributed by atoms with E-state index in [0.717, 1.165) is 0 Å². The van der Waals surface area contributed by atoms with Crippen LogP contribution in [0.2, 0.25) is 0 Å². The third kappa shape index (κ3) is 5.89. The van der Waals surface area contributed by atoms with Crippen LogP contribution in [0.4, 0.5) is 4.79 Å². The first kappa shape index (κ1) is 16.9. The minimum absolute atomic E-state index is 0.139. The van der Waals surface area contributed by atoms with Crippen LogP contribution in [0.1, 0.15) is 13.3 Å². The van der Waals surface area contributed by atoms with Crippen molar-refractivity contribution in [1.29, 1.82) is 0 Å². The molecule has 7 heteroatoms. The number of urea groups is 1. The lowest BCUT2D eigenvalue weighted by Gasteiger charge is -2.23. The van der Waals surface area contributed by atoms with Crippen molar-refractivity contribution < 1.29 is 19.5 Å². The summed E-state index contributed by atoms with van der Waals surface area (Å²) in [6.07, 6.45) is 1.56. The van der Waals surface area contributed by atoms with E-state index in [1.165, 1.54) is 25.1 Å². The Morgan fingerprint density at radius 2 is 2.00 bits per heavy atom. The molecule has 0 fully saturated rings. The Kier molecular flexibility index (Phi) is 7.25. The number of aliphatic carboxylic acids is 1. The van der Waals surface area contributed by atoms with E-state index in [9.17, 15) is 14.4 Å². The van der Waals surface area contributed by atoms with Gasteiger partial charge in [-0.3, -0.25) is 4.79 Å². The van der Waals surface area contributed by atoms with Gasteiger partial charge in [-0.15, -0.1) is 6.58 Å². The van der Waals surface area contributed by atoms with E-state index in [0.29, 0.717) is 0 Å². The monoisotopic (exact) mass is 271 g/mol. The van der Waals surface area contributed by atoms with Gasteiger partial charge >= 0.3 is 12.0 Å². The summed E-state index contributed by atoms with van der Waals surface area (Å²) in [6.45, 7) is 5.32. The predicted octanol–water partition coefficient (Wildman–Crippen LogP) is 0.0392. The van der Waals surface area contributed by atoms with E-state index in [1.807, 2.05) is 0 Å². The number of nitrogens with one attached hydrogen (secondary N) is 2. The minimum Gasteiger partial charge on any atom is -0.480 e. The molecule has 0 bridgehead atoms. The van der Waals surface area contributed by atoms with E-state index in [-0.39, 0.29) is 24.8 Å². The highest BCUT2D eigenvalue weighted by Gasteiger charge is 2.22. The normalized spacial score (nSPS) is 13.0. The van der Waals surface area contributed by atoms with Crippen LogP contribution in [0.5, 0.6) is 0 Å². The van der Waals surface area contributed by atoms with E-state index in [4.69, 9.17) is 5.11 Å². The Bertz CT molecular complexity index is 357. The highest BCUT2D eigenvalue weighted by Crippen LogP contribution is 2.00. The van der Waals surface area contributed by atoms with Gasteiger partial charge in [-0.1, -0.05) is 13.0 Å². The maximum Gasteiger partial charge on any atom is 0.326 e. The zero-order valence-corrected chi connectivity index (χ0v) is 11.5. The van der Waals surface area contributed by atoms with Crippen molar-refractivity contribution in [2.24, 2.45) is 5.92 Å². The van der Waals surface area contributed by atoms with Crippen LogP contribution in [0.25, 0.3) is 0 Å². The number of carboxylic acids is 1. The first-order chi connectivity index (χ1) is 8.83. The standard InChI is InChI=1S/C12H21N3O4/c1-5-6-9(11(17)18)14-12(19)15(4)7-8(2)10(16)13-3/h5,8-9H,1,6-7H2,2-4H3,(H,13,16)(H,14,19)(H,17,18). The fraction of sp³-hybridized carbons (Fsp3) is 0.583. The van der Waals surface area contributed by atoms with E-state index < -0.39 is 18.0 Å². The third-order valence-electron chi connectivity index (χ3n) is 2.59. The number of amides is 3. The van der Waals surface area contributed by atoms with Crippen molar-refractivity contribution >= 4 is 17.9 Å². The summed E-state index contributed by atoms with van der Waals surface area (Å²) in [5.74, 6) is -1.68. The number of carbonyl (C=O) groups excluding carboxylic acids is 2. The summed E-state index contributed by atoms with van der Waals surface area (Å²) < 4.78 is 0. The fourth-order valence-corrected chi connectivity index (χ4v) is 1.47.